The van der Waals surface area contributed by atoms with Gasteiger partial charge in [-0.3, -0.25) is 9.36 Å². The zero-order valence-corrected chi connectivity index (χ0v) is 16.3. The van der Waals surface area contributed by atoms with Crippen LogP contribution in [0.4, 0.5) is 10.5 Å². The molecule has 1 aliphatic heterocycles. The molecule has 1 unspecified atom stereocenters. The molecular formula is C21H20N2O4S. The summed E-state index contributed by atoms with van der Waals surface area (Å²) in [5.41, 5.74) is 2.01. The second kappa shape index (κ2) is 6.92. The van der Waals surface area contributed by atoms with E-state index in [1.54, 1.807) is 23.5 Å². The van der Waals surface area contributed by atoms with E-state index < -0.39 is 11.7 Å². The summed E-state index contributed by atoms with van der Waals surface area (Å²) in [7, 11) is 0. The summed E-state index contributed by atoms with van der Waals surface area (Å²) in [5, 5.41) is 14.4. The minimum atomic E-state index is -1.05. The number of anilines is 1. The van der Waals surface area contributed by atoms with Crippen LogP contribution < -0.4 is 5.32 Å². The fraction of sp³-hybridized carbons (Fsp3) is 0.238. The van der Waals surface area contributed by atoms with Gasteiger partial charge in [0.15, 0.2) is 0 Å². The smallest absolute Gasteiger partial charge is 0.415 e. The van der Waals surface area contributed by atoms with Gasteiger partial charge in [0.25, 0.3) is 0 Å². The molecule has 0 spiro atoms. The first-order chi connectivity index (χ1) is 13.4. The monoisotopic (exact) mass is 396 g/mol. The number of fused-ring (bicyclic) bond motifs is 1. The molecule has 0 fully saturated rings. The largest absolute Gasteiger partial charge is 0.464 e. The lowest BCUT2D eigenvalue weighted by atomic mass is 9.80. The molecule has 1 aromatic carbocycles. The Morgan fingerprint density at radius 3 is 2.79 bits per heavy atom. The highest BCUT2D eigenvalue weighted by atomic mass is 32.1. The van der Waals surface area contributed by atoms with Crippen molar-refractivity contribution in [2.24, 2.45) is 5.92 Å². The summed E-state index contributed by atoms with van der Waals surface area (Å²) in [4.78, 5) is 24.8. The summed E-state index contributed by atoms with van der Waals surface area (Å²) in [6.07, 6.45) is 0.462. The van der Waals surface area contributed by atoms with Crippen LogP contribution in [0.5, 0.6) is 0 Å². The van der Waals surface area contributed by atoms with Gasteiger partial charge < -0.3 is 15.2 Å². The van der Waals surface area contributed by atoms with Gasteiger partial charge in [-0.2, -0.15) is 0 Å². The molecule has 0 aliphatic carbocycles. The lowest BCUT2D eigenvalue weighted by Gasteiger charge is -2.37. The van der Waals surface area contributed by atoms with Crippen LogP contribution in [0.1, 0.15) is 24.3 Å². The van der Waals surface area contributed by atoms with E-state index in [0.29, 0.717) is 11.4 Å². The van der Waals surface area contributed by atoms with Crippen molar-refractivity contribution in [1.29, 1.82) is 0 Å². The van der Waals surface area contributed by atoms with E-state index in [1.165, 1.54) is 10.8 Å². The van der Waals surface area contributed by atoms with E-state index in [-0.39, 0.29) is 18.4 Å². The summed E-state index contributed by atoms with van der Waals surface area (Å²) in [5.74, 6) is -0.166. The normalized spacial score (nSPS) is 19.2. The molecule has 3 heterocycles. The topological polar surface area (TPSA) is 80.6 Å². The van der Waals surface area contributed by atoms with Gasteiger partial charge in [0.2, 0.25) is 5.91 Å². The Morgan fingerprint density at radius 1 is 1.29 bits per heavy atom. The quantitative estimate of drug-likeness (QED) is 0.677. The molecule has 1 amide bonds. The molecular weight excluding hydrogens is 376 g/mol. The van der Waals surface area contributed by atoms with Crippen LogP contribution in [0.2, 0.25) is 0 Å². The molecule has 0 saturated carbocycles. The average Bonchev–Trinajstić information content (AvgIpc) is 3.32. The zero-order valence-electron chi connectivity index (χ0n) is 15.5. The summed E-state index contributed by atoms with van der Waals surface area (Å²) in [6, 6.07) is 13.0. The van der Waals surface area contributed by atoms with Gasteiger partial charge in [0.1, 0.15) is 12.2 Å². The van der Waals surface area contributed by atoms with E-state index in [9.17, 15) is 14.7 Å². The number of hydrogen-bond donors (Lipinski definition) is 2. The van der Waals surface area contributed by atoms with Gasteiger partial charge in [-0.05, 0) is 47.2 Å². The molecule has 0 saturated heterocycles. The van der Waals surface area contributed by atoms with Crippen molar-refractivity contribution in [3.05, 3.63) is 64.5 Å². The van der Waals surface area contributed by atoms with E-state index >= 15 is 0 Å². The molecule has 0 radical (unpaired) electrons. The number of carbonyl (C=O) groups is 2. The lowest BCUT2D eigenvalue weighted by molar-refractivity contribution is -0.127. The number of amides is 1. The maximum atomic E-state index is 12.3. The van der Waals surface area contributed by atoms with Gasteiger partial charge >= 0.3 is 6.09 Å². The Morgan fingerprint density at radius 2 is 2.11 bits per heavy atom. The number of carbonyl (C=O) groups excluding carboxylic acids is 1. The first-order valence-electron chi connectivity index (χ1n) is 8.97. The van der Waals surface area contributed by atoms with Crippen molar-refractivity contribution >= 4 is 29.0 Å². The van der Waals surface area contributed by atoms with Crippen LogP contribution >= 0.6 is 11.3 Å². The average molecular weight is 396 g/mol. The van der Waals surface area contributed by atoms with Crippen LogP contribution in [-0.2, 0) is 15.1 Å². The van der Waals surface area contributed by atoms with Crippen molar-refractivity contribution in [3.8, 4) is 11.3 Å². The predicted octanol–water partition coefficient (Wildman–Crippen LogP) is 4.61. The van der Waals surface area contributed by atoms with Crippen LogP contribution in [0.25, 0.3) is 11.3 Å². The number of carboxylic acid groups (broad SMARTS) is 1. The molecule has 6 nitrogen and oxygen atoms in total. The molecule has 1 aliphatic rings. The van der Waals surface area contributed by atoms with Crippen molar-refractivity contribution in [3.63, 3.8) is 0 Å². The van der Waals surface area contributed by atoms with Crippen LogP contribution in [0.15, 0.2) is 54.0 Å². The Hall–Kier alpha value is -2.90. The van der Waals surface area contributed by atoms with E-state index in [2.05, 4.69) is 19.2 Å². The number of nitrogens with zero attached hydrogens (tertiary/aromatic N) is 1. The highest BCUT2D eigenvalue weighted by molar-refractivity contribution is 7.10. The first kappa shape index (κ1) is 18.5. The number of aromatic nitrogens is 1. The van der Waals surface area contributed by atoms with E-state index in [1.807, 2.05) is 35.7 Å². The minimum absolute atomic E-state index is 0.0408. The Bertz CT molecular complexity index is 1040. The van der Waals surface area contributed by atoms with Gasteiger partial charge in [-0.1, -0.05) is 26.0 Å². The van der Waals surface area contributed by atoms with Crippen LogP contribution in [0.3, 0.4) is 0 Å². The maximum absolute atomic E-state index is 12.3. The van der Waals surface area contributed by atoms with Crippen molar-refractivity contribution in [2.75, 3.05) is 11.9 Å². The van der Waals surface area contributed by atoms with Crippen molar-refractivity contribution < 1.29 is 19.4 Å². The number of benzene rings is 1. The Labute approximate surface area is 166 Å². The number of hydrogen-bond acceptors (Lipinski definition) is 4. The maximum Gasteiger partial charge on any atom is 0.415 e. The summed E-state index contributed by atoms with van der Waals surface area (Å²) < 4.78 is 7.44. The van der Waals surface area contributed by atoms with E-state index in [0.717, 1.165) is 16.0 Å². The second-order valence-electron chi connectivity index (χ2n) is 7.01. The SMILES string of the molecule is CC(C)C1(c2cccs2)OCC(=O)Nc2ccc(-c3cccn3C(=O)O)cc21. The number of rotatable bonds is 3. The highest BCUT2D eigenvalue weighted by Crippen LogP contribution is 2.47. The standard InChI is InChI=1S/C21H20N2O4S/c1-13(2)21(18-6-4-10-28-18)15-11-14(17-5-3-9-23(17)20(25)26)7-8-16(15)22-19(24)12-27-21/h3-11,13H,12H2,1-2H3,(H,22,24)(H,25,26). The van der Waals surface area contributed by atoms with Gasteiger partial charge in [0, 0.05) is 22.3 Å². The van der Waals surface area contributed by atoms with Gasteiger partial charge in [-0.15, -0.1) is 11.3 Å². The Balaban J connectivity index is 1.97. The lowest BCUT2D eigenvalue weighted by Crippen LogP contribution is -2.36. The molecule has 7 heteroatoms. The third-order valence-corrected chi connectivity index (χ3v) is 6.06. The predicted molar refractivity (Wildman–Crippen MR) is 108 cm³/mol. The number of ether oxygens (including phenoxy) is 1. The third kappa shape index (κ3) is 2.83. The van der Waals surface area contributed by atoms with Gasteiger partial charge in [0.05, 0.1) is 5.69 Å². The molecule has 144 valence electrons. The van der Waals surface area contributed by atoms with Crippen molar-refractivity contribution in [1.82, 2.24) is 4.57 Å². The number of thiophene rings is 1. The molecule has 28 heavy (non-hydrogen) atoms. The van der Waals surface area contributed by atoms with Crippen LogP contribution in [-0.4, -0.2) is 28.3 Å². The van der Waals surface area contributed by atoms with Gasteiger partial charge in [-0.25, -0.2) is 4.79 Å². The number of nitrogens with one attached hydrogen (secondary N) is 1. The molecule has 0 bridgehead atoms. The molecule has 1 atom stereocenters. The molecule has 4 rings (SSSR count). The fourth-order valence-electron chi connectivity index (χ4n) is 3.80. The molecule has 3 aromatic rings. The second-order valence-corrected chi connectivity index (χ2v) is 7.96. The summed E-state index contributed by atoms with van der Waals surface area (Å²) >= 11 is 1.58. The van der Waals surface area contributed by atoms with Crippen LogP contribution in [0, 0.1) is 5.92 Å². The Kier molecular flexibility index (Phi) is 4.56. The van der Waals surface area contributed by atoms with E-state index in [4.69, 9.17) is 4.74 Å². The first-order valence-corrected chi connectivity index (χ1v) is 9.85. The molecule has 2 N–H and O–H groups in total. The third-order valence-electron chi connectivity index (χ3n) is 5.08. The molecule has 2 aromatic heterocycles. The fourth-order valence-corrected chi connectivity index (χ4v) is 4.84. The summed E-state index contributed by atoms with van der Waals surface area (Å²) in [6.45, 7) is 4.07. The zero-order chi connectivity index (χ0) is 19.9. The minimum Gasteiger partial charge on any atom is -0.464 e. The van der Waals surface area contributed by atoms with Crippen molar-refractivity contribution in [2.45, 2.75) is 19.4 Å². The highest BCUT2D eigenvalue weighted by Gasteiger charge is 2.44.